The number of hydrogen-bond acceptors (Lipinski definition) is 7. The molecular weight excluding hydrogens is 475 g/mol. The fraction of sp³-hybridized carbons (Fsp3) is 0.500. The molecule has 2 aliphatic rings. The molecule has 2 aromatic heterocycles. The number of primary amides is 1. The van der Waals surface area contributed by atoms with Gasteiger partial charge in [-0.2, -0.15) is 4.98 Å². The first-order chi connectivity index (χ1) is 17.2. The molecule has 0 spiro atoms. The lowest BCUT2D eigenvalue weighted by Crippen LogP contribution is -2.28. The zero-order valence-electron chi connectivity index (χ0n) is 20.0. The van der Waals surface area contributed by atoms with Gasteiger partial charge in [-0.1, -0.05) is 6.92 Å². The SMILES string of the molecule is C[C@H]1CCCOC1.NC(=O)C1CCC(n2c(Nc3c(F)cc(F)cc3F)nc3cnc(N)nc32)CC1. The number of carbonyl (C=O) groups excluding carboxylic acids is 1. The zero-order chi connectivity index (χ0) is 25.8. The molecule has 12 heteroatoms. The summed E-state index contributed by atoms with van der Waals surface area (Å²) in [6.45, 7) is 4.21. The fourth-order valence-electron chi connectivity index (χ4n) is 4.63. The van der Waals surface area contributed by atoms with Crippen LogP contribution in [-0.4, -0.2) is 38.6 Å². The van der Waals surface area contributed by atoms with E-state index in [2.05, 4.69) is 27.2 Å². The Hall–Kier alpha value is -3.41. The molecule has 9 nitrogen and oxygen atoms in total. The molecule has 1 saturated heterocycles. The summed E-state index contributed by atoms with van der Waals surface area (Å²) in [5.74, 6) is -2.82. The lowest BCUT2D eigenvalue weighted by atomic mass is 9.85. The van der Waals surface area contributed by atoms with E-state index >= 15 is 0 Å². The van der Waals surface area contributed by atoms with Gasteiger partial charge in [0.05, 0.1) is 6.20 Å². The Bertz CT molecular complexity index is 1200. The molecule has 3 heterocycles. The average Bonchev–Trinajstić information content (AvgIpc) is 3.19. The van der Waals surface area contributed by atoms with Gasteiger partial charge in [0.25, 0.3) is 0 Å². The molecule has 194 valence electrons. The number of benzene rings is 1. The van der Waals surface area contributed by atoms with Crippen LogP contribution in [0.2, 0.25) is 0 Å². The molecule has 3 aromatic rings. The molecule has 0 bridgehead atoms. The largest absolute Gasteiger partial charge is 0.381 e. The van der Waals surface area contributed by atoms with Crippen molar-refractivity contribution in [3.8, 4) is 0 Å². The van der Waals surface area contributed by atoms with Crippen LogP contribution in [-0.2, 0) is 9.53 Å². The van der Waals surface area contributed by atoms with E-state index in [-0.39, 0.29) is 29.8 Å². The maximum Gasteiger partial charge on any atom is 0.222 e. The molecule has 1 saturated carbocycles. The second-order valence-electron chi connectivity index (χ2n) is 9.34. The molecule has 1 aromatic carbocycles. The van der Waals surface area contributed by atoms with Crippen LogP contribution in [0.15, 0.2) is 18.3 Å². The van der Waals surface area contributed by atoms with E-state index in [4.69, 9.17) is 16.2 Å². The number of fused-ring (bicyclic) bond motifs is 1. The van der Waals surface area contributed by atoms with E-state index in [0.717, 1.165) is 19.1 Å². The van der Waals surface area contributed by atoms with E-state index < -0.39 is 23.1 Å². The minimum atomic E-state index is -1.09. The van der Waals surface area contributed by atoms with Gasteiger partial charge >= 0.3 is 0 Å². The summed E-state index contributed by atoms with van der Waals surface area (Å²) in [5.41, 5.74) is 11.3. The molecule has 0 radical (unpaired) electrons. The highest BCUT2D eigenvalue weighted by atomic mass is 19.1. The van der Waals surface area contributed by atoms with Crippen molar-refractivity contribution < 1.29 is 22.7 Å². The first-order valence-electron chi connectivity index (χ1n) is 12.0. The lowest BCUT2D eigenvalue weighted by molar-refractivity contribution is -0.122. The Morgan fingerprint density at radius 2 is 1.81 bits per heavy atom. The number of hydrogen-bond donors (Lipinski definition) is 3. The van der Waals surface area contributed by atoms with Gasteiger partial charge in [-0.05, 0) is 44.4 Å². The van der Waals surface area contributed by atoms with Crippen LogP contribution in [0.1, 0.15) is 51.5 Å². The quantitative estimate of drug-likeness (QED) is 0.483. The van der Waals surface area contributed by atoms with Crippen LogP contribution in [0, 0.1) is 29.3 Å². The number of nitrogens with two attached hydrogens (primary N) is 2. The smallest absolute Gasteiger partial charge is 0.222 e. The van der Waals surface area contributed by atoms with Crippen LogP contribution in [0.5, 0.6) is 0 Å². The van der Waals surface area contributed by atoms with Gasteiger partial charge in [0.2, 0.25) is 17.8 Å². The average molecular weight is 506 g/mol. The summed E-state index contributed by atoms with van der Waals surface area (Å²) in [5, 5.41) is 2.61. The van der Waals surface area contributed by atoms with Crippen molar-refractivity contribution in [2.75, 3.05) is 24.3 Å². The van der Waals surface area contributed by atoms with Crippen molar-refractivity contribution in [3.05, 3.63) is 35.8 Å². The standard InChI is InChI=1S/C18H18F3N7O.C6H12O/c19-9-5-11(20)14(12(21)6-9)26-18-25-13-7-24-17(23)27-16(13)28(18)10-3-1-8(2-4-10)15(22)29;1-6-3-2-4-7-5-6/h5-8,10H,1-4H2,(H2,22,29)(H,25,26)(H2,23,24,27);6H,2-5H2,1H3/t;6-/m.0/s1. The summed E-state index contributed by atoms with van der Waals surface area (Å²) >= 11 is 0. The topological polar surface area (TPSA) is 134 Å². The van der Waals surface area contributed by atoms with Crippen molar-refractivity contribution in [2.24, 2.45) is 17.6 Å². The highest BCUT2D eigenvalue weighted by Gasteiger charge is 2.29. The number of aromatic nitrogens is 4. The minimum absolute atomic E-state index is 0.0233. The fourth-order valence-corrected chi connectivity index (χ4v) is 4.63. The molecular formula is C24H30F3N7O2. The Labute approximate surface area is 206 Å². The van der Waals surface area contributed by atoms with Crippen molar-refractivity contribution in [2.45, 2.75) is 51.5 Å². The van der Waals surface area contributed by atoms with Gasteiger partial charge < -0.3 is 21.5 Å². The monoisotopic (exact) mass is 505 g/mol. The van der Waals surface area contributed by atoms with Crippen LogP contribution < -0.4 is 16.8 Å². The van der Waals surface area contributed by atoms with Crippen LogP contribution in [0.3, 0.4) is 0 Å². The highest BCUT2D eigenvalue weighted by molar-refractivity contribution is 5.77. The van der Waals surface area contributed by atoms with E-state index in [1.165, 1.54) is 19.0 Å². The molecule has 1 amide bonds. The van der Waals surface area contributed by atoms with Crippen LogP contribution >= 0.6 is 0 Å². The summed E-state index contributed by atoms with van der Waals surface area (Å²) in [4.78, 5) is 23.9. The molecule has 36 heavy (non-hydrogen) atoms. The number of nitrogens with zero attached hydrogens (tertiary/aromatic N) is 4. The number of nitrogens with one attached hydrogen (secondary N) is 1. The van der Waals surface area contributed by atoms with Crippen LogP contribution in [0.4, 0.5) is 30.8 Å². The Balaban J connectivity index is 0.000000375. The maximum atomic E-state index is 14.2. The highest BCUT2D eigenvalue weighted by Crippen LogP contribution is 2.37. The van der Waals surface area contributed by atoms with Crippen LogP contribution in [0.25, 0.3) is 11.2 Å². The molecule has 0 unspecified atom stereocenters. The summed E-state index contributed by atoms with van der Waals surface area (Å²) < 4.78 is 48.4. The Morgan fingerprint density at radius 3 is 2.36 bits per heavy atom. The van der Waals surface area contributed by atoms with E-state index in [9.17, 15) is 18.0 Å². The third-order valence-corrected chi connectivity index (χ3v) is 6.55. The van der Waals surface area contributed by atoms with Crippen molar-refractivity contribution >= 4 is 34.7 Å². The predicted molar refractivity (Wildman–Crippen MR) is 129 cm³/mol. The van der Waals surface area contributed by atoms with Gasteiger partial charge in [0.15, 0.2) is 17.3 Å². The van der Waals surface area contributed by atoms with Gasteiger partial charge in [0.1, 0.15) is 17.0 Å². The molecule has 1 atom stereocenters. The molecule has 5 rings (SSSR count). The zero-order valence-corrected chi connectivity index (χ0v) is 20.0. The second-order valence-corrected chi connectivity index (χ2v) is 9.34. The van der Waals surface area contributed by atoms with Gasteiger partial charge in [-0.3, -0.25) is 9.36 Å². The third kappa shape index (κ3) is 5.86. The predicted octanol–water partition coefficient (Wildman–Crippen LogP) is 4.22. The number of halogens is 3. The Morgan fingerprint density at radius 1 is 1.11 bits per heavy atom. The number of nitrogen functional groups attached to an aromatic ring is 1. The third-order valence-electron chi connectivity index (χ3n) is 6.55. The van der Waals surface area contributed by atoms with Crippen molar-refractivity contribution in [3.63, 3.8) is 0 Å². The lowest BCUT2D eigenvalue weighted by Gasteiger charge is -2.29. The maximum absolute atomic E-state index is 14.2. The van der Waals surface area contributed by atoms with Crippen molar-refractivity contribution in [1.29, 1.82) is 0 Å². The summed E-state index contributed by atoms with van der Waals surface area (Å²) in [6, 6.07) is 1.00. The van der Waals surface area contributed by atoms with Gasteiger partial charge in [0, 0.05) is 37.3 Å². The number of ether oxygens (including phenoxy) is 1. The molecule has 1 aliphatic carbocycles. The second kappa shape index (κ2) is 11.1. The van der Waals surface area contributed by atoms with E-state index in [1.54, 1.807) is 4.57 Å². The number of carbonyl (C=O) groups is 1. The van der Waals surface area contributed by atoms with Crippen molar-refractivity contribution in [1.82, 2.24) is 19.5 Å². The first kappa shape index (κ1) is 25.7. The minimum Gasteiger partial charge on any atom is -0.381 e. The Kier molecular flexibility index (Phi) is 7.92. The normalized spacial score (nSPS) is 22.1. The van der Waals surface area contributed by atoms with E-state index in [0.29, 0.717) is 49.0 Å². The summed E-state index contributed by atoms with van der Waals surface area (Å²) in [6.07, 6.45) is 6.35. The van der Waals surface area contributed by atoms with Gasteiger partial charge in [-0.15, -0.1) is 0 Å². The first-order valence-corrected chi connectivity index (χ1v) is 12.0. The number of amides is 1. The van der Waals surface area contributed by atoms with E-state index in [1.807, 2.05) is 0 Å². The number of rotatable bonds is 4. The number of imidazole rings is 1. The van der Waals surface area contributed by atoms with Gasteiger partial charge in [-0.25, -0.2) is 23.1 Å². The number of anilines is 3. The molecule has 5 N–H and O–H groups in total. The molecule has 1 aliphatic heterocycles. The summed E-state index contributed by atoms with van der Waals surface area (Å²) in [7, 11) is 0. The molecule has 2 fully saturated rings.